The monoisotopic (exact) mass is 482 g/mol. The van der Waals surface area contributed by atoms with Crippen LogP contribution in [0.25, 0.3) is 5.65 Å². The maximum absolute atomic E-state index is 14.0. The number of imidazole rings is 1. The van der Waals surface area contributed by atoms with Gasteiger partial charge in [-0.2, -0.15) is 0 Å². The highest BCUT2D eigenvalue weighted by molar-refractivity contribution is 6.03. The number of pyridine rings is 1. The van der Waals surface area contributed by atoms with Crippen molar-refractivity contribution in [2.75, 3.05) is 23.0 Å². The molecular weight excluding hydrogens is 455 g/mol. The third-order valence-electron chi connectivity index (χ3n) is 6.56. The van der Waals surface area contributed by atoms with Crippen LogP contribution in [0.5, 0.6) is 0 Å². The molecule has 0 aromatic carbocycles. The van der Waals surface area contributed by atoms with Crippen LogP contribution in [0.3, 0.4) is 0 Å². The summed E-state index contributed by atoms with van der Waals surface area (Å²) in [4.78, 5) is 33.7. The van der Waals surface area contributed by atoms with Crippen molar-refractivity contribution in [2.24, 2.45) is 0 Å². The maximum atomic E-state index is 14.0. The van der Waals surface area contributed by atoms with Gasteiger partial charge in [0.05, 0.1) is 23.8 Å². The Labute approximate surface area is 200 Å². The van der Waals surface area contributed by atoms with Crippen molar-refractivity contribution < 1.29 is 19.1 Å². The molecule has 11 nitrogen and oxygen atoms in total. The number of hydrogen-bond donors (Lipinski definition) is 4. The van der Waals surface area contributed by atoms with E-state index in [1.165, 1.54) is 27.9 Å². The summed E-state index contributed by atoms with van der Waals surface area (Å²) in [5, 5.41) is 23.3. The minimum atomic E-state index is -0.915. The van der Waals surface area contributed by atoms with E-state index in [2.05, 4.69) is 31.0 Å². The minimum absolute atomic E-state index is 0.00520. The van der Waals surface area contributed by atoms with Gasteiger partial charge in [-0.1, -0.05) is 0 Å². The third-order valence-corrected chi connectivity index (χ3v) is 6.56. The Balaban J connectivity index is 1.38. The summed E-state index contributed by atoms with van der Waals surface area (Å²) in [6.45, 7) is 0. The van der Waals surface area contributed by atoms with Crippen LogP contribution in [0, 0.1) is 5.82 Å². The smallest absolute Gasteiger partial charge is 0.407 e. The quantitative estimate of drug-likeness (QED) is 0.402. The van der Waals surface area contributed by atoms with E-state index < -0.39 is 17.8 Å². The molecule has 0 saturated heterocycles. The van der Waals surface area contributed by atoms with E-state index in [1.807, 2.05) is 6.07 Å². The molecular formula is C23H27FN8O3. The predicted octanol–water partition coefficient (Wildman–Crippen LogP) is 3.42. The molecule has 2 aliphatic carbocycles. The number of carboxylic acid groups (broad SMARTS) is 1. The maximum Gasteiger partial charge on any atom is 0.407 e. The van der Waals surface area contributed by atoms with Crippen molar-refractivity contribution >= 4 is 34.8 Å². The van der Waals surface area contributed by atoms with E-state index >= 15 is 0 Å². The molecule has 184 valence electrons. The van der Waals surface area contributed by atoms with Crippen LogP contribution in [-0.4, -0.2) is 66.8 Å². The van der Waals surface area contributed by atoms with Crippen LogP contribution >= 0.6 is 0 Å². The van der Waals surface area contributed by atoms with E-state index in [0.717, 1.165) is 50.4 Å². The van der Waals surface area contributed by atoms with Crippen LogP contribution in [0.2, 0.25) is 0 Å². The number of nitrogens with zero attached hydrogens (tertiary/aromatic N) is 5. The molecule has 3 aromatic heterocycles. The van der Waals surface area contributed by atoms with E-state index in [4.69, 9.17) is 0 Å². The fourth-order valence-electron chi connectivity index (χ4n) is 4.38. The average Bonchev–Trinajstić information content (AvgIpc) is 3.55. The second kappa shape index (κ2) is 9.35. The van der Waals surface area contributed by atoms with Gasteiger partial charge in [-0.25, -0.2) is 18.7 Å². The van der Waals surface area contributed by atoms with Gasteiger partial charge in [-0.15, -0.1) is 5.10 Å². The van der Waals surface area contributed by atoms with Gasteiger partial charge in [0.15, 0.2) is 17.2 Å². The molecule has 2 amide bonds. The van der Waals surface area contributed by atoms with Crippen molar-refractivity contribution in [2.45, 2.75) is 56.7 Å². The summed E-state index contributed by atoms with van der Waals surface area (Å²) < 4.78 is 15.5. The van der Waals surface area contributed by atoms with Crippen molar-refractivity contribution in [1.29, 1.82) is 0 Å². The number of halogens is 1. The lowest BCUT2D eigenvalue weighted by Crippen LogP contribution is -2.41. The lowest BCUT2D eigenvalue weighted by Gasteiger charge is -2.33. The van der Waals surface area contributed by atoms with Gasteiger partial charge in [0, 0.05) is 37.4 Å². The van der Waals surface area contributed by atoms with Gasteiger partial charge in [-0.05, 0) is 44.6 Å². The molecule has 35 heavy (non-hydrogen) atoms. The largest absolute Gasteiger partial charge is 0.465 e. The van der Waals surface area contributed by atoms with Crippen molar-refractivity contribution in [3.05, 3.63) is 42.2 Å². The predicted molar refractivity (Wildman–Crippen MR) is 127 cm³/mol. The molecule has 4 N–H and O–H groups in total. The number of nitrogens with one attached hydrogen (secondary N) is 3. The second-order valence-corrected chi connectivity index (χ2v) is 9.09. The zero-order valence-corrected chi connectivity index (χ0v) is 19.2. The van der Waals surface area contributed by atoms with Crippen molar-refractivity contribution in [1.82, 2.24) is 24.5 Å². The molecule has 0 unspecified atom stereocenters. The first-order valence-corrected chi connectivity index (χ1v) is 11.7. The summed E-state index contributed by atoms with van der Waals surface area (Å²) in [5.41, 5.74) is 1.46. The Bertz CT molecular complexity index is 1250. The Morgan fingerprint density at radius 3 is 2.49 bits per heavy atom. The number of hydrogen-bond acceptors (Lipinski definition) is 7. The van der Waals surface area contributed by atoms with Gasteiger partial charge in [0.25, 0.3) is 5.91 Å². The Hall–Kier alpha value is -3.96. The fraction of sp³-hybridized carbons (Fsp3) is 0.435. The highest BCUT2D eigenvalue weighted by Gasteiger charge is 2.28. The number of carbonyl (C=O) groups excluding carboxylic acids is 1. The van der Waals surface area contributed by atoms with Crippen molar-refractivity contribution in [3.63, 3.8) is 0 Å². The lowest BCUT2D eigenvalue weighted by molar-refractivity contribution is 0.101. The molecule has 2 saturated carbocycles. The van der Waals surface area contributed by atoms with E-state index in [-0.39, 0.29) is 23.5 Å². The molecule has 0 atom stereocenters. The van der Waals surface area contributed by atoms with Gasteiger partial charge in [0.1, 0.15) is 5.82 Å². The Morgan fingerprint density at radius 1 is 1.09 bits per heavy atom. The Kier molecular flexibility index (Phi) is 6.10. The minimum Gasteiger partial charge on any atom is -0.465 e. The fourth-order valence-corrected chi connectivity index (χ4v) is 4.38. The second-order valence-electron chi connectivity index (χ2n) is 9.09. The topological polar surface area (TPSA) is 137 Å². The molecule has 3 heterocycles. The lowest BCUT2D eigenvalue weighted by atomic mass is 9.90. The van der Waals surface area contributed by atoms with Crippen LogP contribution in [0.1, 0.15) is 49.0 Å². The normalized spacial score (nSPS) is 19.8. The Morgan fingerprint density at radius 2 is 1.80 bits per heavy atom. The third kappa shape index (κ3) is 4.96. The van der Waals surface area contributed by atoms with Crippen LogP contribution < -0.4 is 16.0 Å². The van der Waals surface area contributed by atoms with Crippen molar-refractivity contribution in [3.8, 4) is 0 Å². The zero-order valence-electron chi connectivity index (χ0n) is 19.2. The first-order chi connectivity index (χ1) is 16.9. The SMILES string of the molecule is CN(C(=O)O)[C@H]1CC[C@H](Nc2cc(NC3CC3)c3ncc(C(=O)Nc4ccncc4F)n3n2)CC1. The number of fused-ring (bicyclic) bond motifs is 1. The summed E-state index contributed by atoms with van der Waals surface area (Å²) in [7, 11) is 1.61. The summed E-state index contributed by atoms with van der Waals surface area (Å²) in [6.07, 6.45) is 8.17. The van der Waals surface area contributed by atoms with E-state index in [1.54, 1.807) is 7.05 Å². The van der Waals surface area contributed by atoms with Crippen LogP contribution in [-0.2, 0) is 0 Å². The van der Waals surface area contributed by atoms with Gasteiger partial charge in [-0.3, -0.25) is 9.78 Å². The van der Waals surface area contributed by atoms with Crippen LogP contribution in [0.15, 0.2) is 30.7 Å². The van der Waals surface area contributed by atoms with Gasteiger partial charge in [0.2, 0.25) is 0 Å². The van der Waals surface area contributed by atoms with Gasteiger partial charge >= 0.3 is 6.09 Å². The first-order valence-electron chi connectivity index (χ1n) is 11.7. The number of anilines is 3. The van der Waals surface area contributed by atoms with E-state index in [0.29, 0.717) is 17.5 Å². The molecule has 0 aliphatic heterocycles. The van der Waals surface area contributed by atoms with Gasteiger partial charge < -0.3 is 26.0 Å². The molecule has 2 fully saturated rings. The number of amides is 2. The zero-order chi connectivity index (χ0) is 24.5. The molecule has 5 rings (SSSR count). The molecule has 0 spiro atoms. The molecule has 0 bridgehead atoms. The standard InChI is InChI=1S/C23H27FN8O3/c1-31(23(34)35)15-6-4-14(5-7-15)28-20-10-18(27-13-2-3-13)21-26-12-19(32(21)30-20)22(33)29-17-8-9-25-11-16(17)24/h8-15,27H,2-7H2,1H3,(H,28,30)(H,34,35)(H,25,29,33)/t14-,15-. The number of carbonyl (C=O) groups is 2. The summed E-state index contributed by atoms with van der Waals surface area (Å²) >= 11 is 0. The molecule has 12 heteroatoms. The molecule has 2 aliphatic rings. The van der Waals surface area contributed by atoms with E-state index in [9.17, 15) is 19.1 Å². The molecule has 0 radical (unpaired) electrons. The number of rotatable bonds is 7. The van der Waals surface area contributed by atoms with Crippen LogP contribution in [0.4, 0.5) is 26.4 Å². The summed E-state index contributed by atoms with van der Waals surface area (Å²) in [6, 6.07) is 3.76. The highest BCUT2D eigenvalue weighted by atomic mass is 19.1. The molecule has 3 aromatic rings. The summed E-state index contributed by atoms with van der Waals surface area (Å²) in [5.74, 6) is -0.593. The first kappa shape index (κ1) is 22.8. The highest BCUT2D eigenvalue weighted by Crippen LogP contribution is 2.30. The average molecular weight is 483 g/mol. The number of aromatic nitrogens is 4.